The van der Waals surface area contributed by atoms with Crippen molar-refractivity contribution in [1.82, 2.24) is 0 Å². The normalized spacial score (nSPS) is 13.5. The van der Waals surface area contributed by atoms with E-state index in [-0.39, 0.29) is 6.23 Å². The second kappa shape index (κ2) is 7.87. The number of ether oxygens (including phenoxy) is 1. The Morgan fingerprint density at radius 3 is 2.00 bits per heavy atom. The van der Waals surface area contributed by atoms with Crippen LogP contribution in [0.15, 0.2) is 60.7 Å². The molecule has 0 amide bonds. The number of allylic oxidation sites excluding steroid dienone is 1. The van der Waals surface area contributed by atoms with Crippen molar-refractivity contribution in [2.24, 2.45) is 5.73 Å². The molecule has 0 radical (unpaired) electrons. The number of rotatable bonds is 6. The molecule has 0 aliphatic carbocycles. The van der Waals surface area contributed by atoms with Crippen LogP contribution in [0.3, 0.4) is 0 Å². The molecular weight excluding hydrogens is 282 g/mol. The molecule has 2 aromatic rings. The van der Waals surface area contributed by atoms with Gasteiger partial charge in [0.05, 0.1) is 0 Å². The Morgan fingerprint density at radius 1 is 1.00 bits per heavy atom. The van der Waals surface area contributed by atoms with Crippen molar-refractivity contribution in [2.45, 2.75) is 19.6 Å². The molecule has 0 aromatic heterocycles. The molecule has 0 aliphatic heterocycles. The monoisotopic (exact) mass is 301 g/mol. The fourth-order valence-corrected chi connectivity index (χ4v) is 2.40. The summed E-state index contributed by atoms with van der Waals surface area (Å²) in [5, 5.41) is 0. The topological polar surface area (TPSA) is 35.2 Å². The highest BCUT2D eigenvalue weighted by Crippen LogP contribution is 2.30. The summed E-state index contributed by atoms with van der Waals surface area (Å²) in [6.45, 7) is 1.83. The summed E-state index contributed by atoms with van der Waals surface area (Å²) in [5.74, 6) is 1.33. The van der Waals surface area contributed by atoms with Gasteiger partial charge in [-0.3, -0.25) is 5.73 Å². The van der Waals surface area contributed by atoms with Crippen molar-refractivity contribution in [2.75, 3.05) is 5.88 Å². The quantitative estimate of drug-likeness (QED) is 0.369. The van der Waals surface area contributed by atoms with Crippen molar-refractivity contribution < 1.29 is 4.74 Å². The minimum Gasteiger partial charge on any atom is -0.475 e. The molecule has 0 saturated heterocycles. The lowest BCUT2D eigenvalue weighted by Gasteiger charge is -2.19. The molecule has 2 rings (SSSR count). The zero-order chi connectivity index (χ0) is 15.1. The number of hydrogen-bond acceptors (Lipinski definition) is 2. The summed E-state index contributed by atoms with van der Waals surface area (Å²) in [5.41, 5.74) is 9.05. The molecule has 3 heteroatoms. The number of alkyl halides is 1. The van der Waals surface area contributed by atoms with E-state index in [1.807, 2.05) is 55.5 Å². The predicted molar refractivity (Wildman–Crippen MR) is 89.8 cm³/mol. The van der Waals surface area contributed by atoms with Crippen LogP contribution in [0.25, 0.3) is 11.3 Å². The Balaban J connectivity index is 2.56. The molecule has 0 fully saturated rings. The summed E-state index contributed by atoms with van der Waals surface area (Å²) in [7, 11) is 0. The van der Waals surface area contributed by atoms with E-state index in [0.717, 1.165) is 28.9 Å². The maximum Gasteiger partial charge on any atom is 0.144 e. The van der Waals surface area contributed by atoms with Crippen LogP contribution < -0.4 is 5.73 Å². The molecule has 0 heterocycles. The SMILES string of the molecule is CC(N)OC(=C(CCCl)c1ccccc1)c1ccccc1. The number of nitrogens with two attached hydrogens (primary N) is 1. The Bertz CT molecular complexity index is 579. The number of halogens is 1. The molecule has 1 unspecified atom stereocenters. The summed E-state index contributed by atoms with van der Waals surface area (Å²) >= 11 is 5.99. The summed E-state index contributed by atoms with van der Waals surface area (Å²) in [4.78, 5) is 0. The third-order valence-electron chi connectivity index (χ3n) is 3.08. The smallest absolute Gasteiger partial charge is 0.144 e. The standard InChI is InChI=1S/C18H20ClNO/c1-14(20)21-18(16-10-6-3-7-11-16)17(12-13-19)15-8-4-2-5-9-15/h2-11,14H,12-13,20H2,1H3. The van der Waals surface area contributed by atoms with Gasteiger partial charge in [-0.25, -0.2) is 0 Å². The van der Waals surface area contributed by atoms with Crippen LogP contribution in [-0.4, -0.2) is 12.1 Å². The first-order valence-electron chi connectivity index (χ1n) is 7.04. The van der Waals surface area contributed by atoms with Gasteiger partial charge in [0.2, 0.25) is 0 Å². The van der Waals surface area contributed by atoms with Gasteiger partial charge in [-0.15, -0.1) is 11.6 Å². The van der Waals surface area contributed by atoms with Crippen LogP contribution in [0.1, 0.15) is 24.5 Å². The second-order valence-corrected chi connectivity index (χ2v) is 5.18. The van der Waals surface area contributed by atoms with Crippen LogP contribution >= 0.6 is 11.6 Å². The molecule has 0 saturated carbocycles. The first-order chi connectivity index (χ1) is 10.2. The van der Waals surface area contributed by atoms with E-state index in [1.54, 1.807) is 0 Å². The van der Waals surface area contributed by atoms with Gasteiger partial charge in [0.1, 0.15) is 12.0 Å². The van der Waals surface area contributed by atoms with Gasteiger partial charge >= 0.3 is 0 Å². The predicted octanol–water partition coefficient (Wildman–Crippen LogP) is 4.51. The van der Waals surface area contributed by atoms with E-state index in [2.05, 4.69) is 12.1 Å². The summed E-state index contributed by atoms with van der Waals surface area (Å²) in [6.07, 6.45) is 0.344. The lowest BCUT2D eigenvalue weighted by Crippen LogP contribution is -2.19. The number of hydrogen-bond donors (Lipinski definition) is 1. The molecule has 0 bridgehead atoms. The van der Waals surface area contributed by atoms with E-state index in [1.165, 1.54) is 0 Å². The molecule has 2 nitrogen and oxygen atoms in total. The van der Waals surface area contributed by atoms with Crippen LogP contribution in [-0.2, 0) is 4.74 Å². The van der Waals surface area contributed by atoms with E-state index < -0.39 is 0 Å². The zero-order valence-electron chi connectivity index (χ0n) is 12.1. The average molecular weight is 302 g/mol. The highest BCUT2D eigenvalue weighted by atomic mass is 35.5. The fraction of sp³-hybridized carbons (Fsp3) is 0.222. The van der Waals surface area contributed by atoms with Crippen LogP contribution in [0.2, 0.25) is 0 Å². The molecule has 1 atom stereocenters. The van der Waals surface area contributed by atoms with Crippen LogP contribution in [0, 0.1) is 0 Å². The van der Waals surface area contributed by atoms with E-state index >= 15 is 0 Å². The maximum atomic E-state index is 5.99. The first kappa shape index (κ1) is 15.6. The van der Waals surface area contributed by atoms with E-state index in [4.69, 9.17) is 22.1 Å². The van der Waals surface area contributed by atoms with Crippen molar-refractivity contribution in [3.8, 4) is 0 Å². The molecule has 0 aliphatic rings. The molecule has 21 heavy (non-hydrogen) atoms. The van der Waals surface area contributed by atoms with Crippen LogP contribution in [0.5, 0.6) is 0 Å². The van der Waals surface area contributed by atoms with Gasteiger partial charge in [0, 0.05) is 17.0 Å². The van der Waals surface area contributed by atoms with Gasteiger partial charge in [0.25, 0.3) is 0 Å². The first-order valence-corrected chi connectivity index (χ1v) is 7.58. The molecule has 0 spiro atoms. The maximum absolute atomic E-state index is 5.99. The zero-order valence-corrected chi connectivity index (χ0v) is 12.9. The van der Waals surface area contributed by atoms with Crippen molar-refractivity contribution >= 4 is 22.9 Å². The molecule has 2 N–H and O–H groups in total. The third kappa shape index (κ3) is 4.35. The van der Waals surface area contributed by atoms with Crippen molar-refractivity contribution in [3.05, 3.63) is 71.8 Å². The minimum atomic E-state index is -0.380. The summed E-state index contributed by atoms with van der Waals surface area (Å²) in [6, 6.07) is 20.2. The molecular formula is C18H20ClNO. The van der Waals surface area contributed by atoms with Gasteiger partial charge < -0.3 is 4.74 Å². The average Bonchev–Trinajstić information content (AvgIpc) is 2.52. The highest BCUT2D eigenvalue weighted by Gasteiger charge is 2.14. The van der Waals surface area contributed by atoms with Crippen molar-refractivity contribution in [3.63, 3.8) is 0 Å². The summed E-state index contributed by atoms with van der Waals surface area (Å²) < 4.78 is 5.90. The number of benzene rings is 2. The Kier molecular flexibility index (Phi) is 5.85. The third-order valence-corrected chi connectivity index (χ3v) is 3.27. The fourth-order valence-electron chi connectivity index (χ4n) is 2.21. The molecule has 2 aromatic carbocycles. The Hall–Kier alpha value is -1.77. The lowest BCUT2D eigenvalue weighted by atomic mass is 9.98. The minimum absolute atomic E-state index is 0.380. The van der Waals surface area contributed by atoms with Gasteiger partial charge in [-0.2, -0.15) is 0 Å². The van der Waals surface area contributed by atoms with Gasteiger partial charge in [-0.1, -0.05) is 60.7 Å². The van der Waals surface area contributed by atoms with E-state index in [9.17, 15) is 0 Å². The van der Waals surface area contributed by atoms with Gasteiger partial charge in [-0.05, 0) is 18.9 Å². The van der Waals surface area contributed by atoms with Crippen LogP contribution in [0.4, 0.5) is 0 Å². The largest absolute Gasteiger partial charge is 0.475 e. The Morgan fingerprint density at radius 2 is 1.52 bits per heavy atom. The lowest BCUT2D eigenvalue weighted by molar-refractivity contribution is 0.193. The van der Waals surface area contributed by atoms with E-state index in [0.29, 0.717) is 5.88 Å². The second-order valence-electron chi connectivity index (χ2n) is 4.80. The van der Waals surface area contributed by atoms with Gasteiger partial charge in [0.15, 0.2) is 0 Å². The van der Waals surface area contributed by atoms with Crippen molar-refractivity contribution in [1.29, 1.82) is 0 Å². The molecule has 110 valence electrons. The highest BCUT2D eigenvalue weighted by molar-refractivity contribution is 6.18. The Labute approximate surface area is 131 Å².